The Kier molecular flexibility index (Phi) is 4.48. The summed E-state index contributed by atoms with van der Waals surface area (Å²) in [5, 5.41) is 5.01. The fraction of sp³-hybridized carbons (Fsp3) is 0.391. The molecular weight excluding hydrogens is 370 g/mol. The fourth-order valence-corrected chi connectivity index (χ4v) is 4.78. The van der Waals surface area contributed by atoms with E-state index in [1.54, 1.807) is 0 Å². The molecule has 0 saturated heterocycles. The molecule has 0 N–H and O–H groups in total. The van der Waals surface area contributed by atoms with E-state index in [0.29, 0.717) is 22.9 Å². The molecule has 2 aliphatic rings. The molecule has 0 spiro atoms. The van der Waals surface area contributed by atoms with Gasteiger partial charge in [-0.1, -0.05) is 65.6 Å². The highest BCUT2D eigenvalue weighted by molar-refractivity contribution is 6.33. The van der Waals surface area contributed by atoms with Gasteiger partial charge in [0.1, 0.15) is 0 Å². The van der Waals surface area contributed by atoms with Crippen LogP contribution in [-0.2, 0) is 5.41 Å². The number of aromatic nitrogens is 2. The van der Waals surface area contributed by atoms with E-state index in [4.69, 9.17) is 21.1 Å². The van der Waals surface area contributed by atoms with Crippen LogP contribution < -0.4 is 0 Å². The van der Waals surface area contributed by atoms with E-state index >= 15 is 0 Å². The lowest BCUT2D eigenvalue weighted by Gasteiger charge is -2.42. The maximum absolute atomic E-state index is 6.30. The number of halogens is 1. The smallest absolute Gasteiger partial charge is 0.259 e. The maximum atomic E-state index is 6.30. The molecule has 2 atom stereocenters. The summed E-state index contributed by atoms with van der Waals surface area (Å²) in [5.41, 5.74) is 2.25. The lowest BCUT2D eigenvalue weighted by Crippen LogP contribution is -2.46. The molecule has 28 heavy (non-hydrogen) atoms. The van der Waals surface area contributed by atoms with Crippen LogP contribution in [0.25, 0.3) is 11.5 Å². The molecule has 0 bridgehead atoms. The van der Waals surface area contributed by atoms with Crippen LogP contribution in [0.15, 0.2) is 59.1 Å². The summed E-state index contributed by atoms with van der Waals surface area (Å²) < 4.78 is 5.60. The first-order valence-electron chi connectivity index (χ1n) is 10.0. The average Bonchev–Trinajstić information content (AvgIpc) is 3.35. The lowest BCUT2D eigenvalue weighted by atomic mass is 9.67. The van der Waals surface area contributed by atoms with Gasteiger partial charge in [0.2, 0.25) is 0 Å². The van der Waals surface area contributed by atoms with Crippen LogP contribution in [0.5, 0.6) is 0 Å². The molecule has 3 aromatic rings. The number of hydrogen-bond acceptors (Lipinski definition) is 4. The first-order valence-corrected chi connectivity index (χ1v) is 10.4. The van der Waals surface area contributed by atoms with Crippen LogP contribution in [0, 0.1) is 0 Å². The highest BCUT2D eigenvalue weighted by Crippen LogP contribution is 2.48. The van der Waals surface area contributed by atoms with Crippen molar-refractivity contribution in [1.29, 1.82) is 0 Å². The van der Waals surface area contributed by atoms with Crippen molar-refractivity contribution >= 4 is 11.6 Å². The summed E-state index contributed by atoms with van der Waals surface area (Å²) in [6, 6.07) is 19.1. The quantitative estimate of drug-likeness (QED) is 0.569. The molecule has 1 aromatic heterocycles. The third kappa shape index (κ3) is 3.15. The normalized spacial score (nSPS) is 22.8. The molecule has 2 saturated carbocycles. The van der Waals surface area contributed by atoms with Gasteiger partial charge in [0.05, 0.1) is 10.6 Å². The van der Waals surface area contributed by atoms with E-state index in [9.17, 15) is 0 Å². The van der Waals surface area contributed by atoms with Gasteiger partial charge in [0.25, 0.3) is 5.89 Å². The molecule has 1 unspecified atom stereocenters. The van der Waals surface area contributed by atoms with E-state index in [-0.39, 0.29) is 5.41 Å². The van der Waals surface area contributed by atoms with Crippen LogP contribution in [0.4, 0.5) is 0 Å². The zero-order valence-electron chi connectivity index (χ0n) is 16.0. The summed E-state index contributed by atoms with van der Waals surface area (Å²) >= 11 is 6.30. The molecule has 2 aromatic carbocycles. The van der Waals surface area contributed by atoms with Gasteiger partial charge in [-0.2, -0.15) is 4.98 Å². The second kappa shape index (κ2) is 7.02. The molecule has 5 heteroatoms. The second-order valence-corrected chi connectivity index (χ2v) is 8.68. The molecular formula is C23H24ClN3O. The fourth-order valence-electron chi connectivity index (χ4n) is 4.56. The Bertz CT molecular complexity index is 967. The SMILES string of the molecule is CN(CC1(c2noc(-c3ccccc3Cl)n2)CCC1)[C@H]1CC1c1ccccc1. The molecule has 1 heterocycles. The van der Waals surface area contributed by atoms with Crippen LogP contribution >= 0.6 is 11.6 Å². The van der Waals surface area contributed by atoms with Crippen molar-refractivity contribution < 1.29 is 4.52 Å². The van der Waals surface area contributed by atoms with Gasteiger partial charge in [-0.25, -0.2) is 0 Å². The van der Waals surface area contributed by atoms with Gasteiger partial charge >= 0.3 is 0 Å². The van der Waals surface area contributed by atoms with Crippen LogP contribution in [0.2, 0.25) is 5.02 Å². The highest BCUT2D eigenvalue weighted by atomic mass is 35.5. The number of benzene rings is 2. The van der Waals surface area contributed by atoms with Crippen LogP contribution in [0.1, 0.15) is 43.0 Å². The van der Waals surface area contributed by atoms with Crippen molar-refractivity contribution in [3.8, 4) is 11.5 Å². The molecule has 2 aliphatic carbocycles. The Balaban J connectivity index is 1.33. The van der Waals surface area contributed by atoms with E-state index in [0.717, 1.165) is 30.8 Å². The molecule has 0 radical (unpaired) electrons. The summed E-state index contributed by atoms with van der Waals surface area (Å²) in [7, 11) is 2.24. The van der Waals surface area contributed by atoms with E-state index in [1.807, 2.05) is 24.3 Å². The number of nitrogens with zero attached hydrogens (tertiary/aromatic N) is 3. The van der Waals surface area contributed by atoms with Crippen molar-refractivity contribution in [3.05, 3.63) is 71.0 Å². The molecule has 2 fully saturated rings. The first-order chi connectivity index (χ1) is 13.7. The third-order valence-electron chi connectivity index (χ3n) is 6.42. The Morgan fingerprint density at radius 1 is 1.11 bits per heavy atom. The van der Waals surface area contributed by atoms with E-state index < -0.39 is 0 Å². The predicted octanol–water partition coefficient (Wildman–Crippen LogP) is 5.30. The van der Waals surface area contributed by atoms with Crippen molar-refractivity contribution in [1.82, 2.24) is 15.0 Å². The van der Waals surface area contributed by atoms with Gasteiger partial charge in [0.15, 0.2) is 5.82 Å². The van der Waals surface area contributed by atoms with Crippen molar-refractivity contribution in [3.63, 3.8) is 0 Å². The Hall–Kier alpha value is -2.17. The minimum Gasteiger partial charge on any atom is -0.334 e. The van der Waals surface area contributed by atoms with Gasteiger partial charge in [-0.15, -0.1) is 0 Å². The molecule has 4 nitrogen and oxygen atoms in total. The average molecular weight is 394 g/mol. The Labute approximate surface area is 170 Å². The molecule has 0 aliphatic heterocycles. The Morgan fingerprint density at radius 3 is 2.57 bits per heavy atom. The lowest BCUT2D eigenvalue weighted by molar-refractivity contribution is 0.141. The standard InChI is InChI=1S/C23H24ClN3O/c1-27(20-14-18(20)16-8-3-2-4-9-16)15-23(12-7-13-23)22-25-21(28-26-22)17-10-5-6-11-19(17)24/h2-6,8-11,18,20H,7,12-15H2,1H3/t18?,20-/m0/s1. The van der Waals surface area contributed by atoms with Crippen molar-refractivity contribution in [2.24, 2.45) is 0 Å². The van der Waals surface area contributed by atoms with Crippen molar-refractivity contribution in [2.45, 2.75) is 43.1 Å². The topological polar surface area (TPSA) is 42.2 Å². The zero-order valence-corrected chi connectivity index (χ0v) is 16.8. The summed E-state index contributed by atoms with van der Waals surface area (Å²) in [5.74, 6) is 1.99. The first kappa shape index (κ1) is 17.9. The van der Waals surface area contributed by atoms with Gasteiger partial charge in [0, 0.05) is 23.9 Å². The second-order valence-electron chi connectivity index (χ2n) is 8.27. The minimum atomic E-state index is 0.00157. The number of rotatable bonds is 6. The third-order valence-corrected chi connectivity index (χ3v) is 6.75. The van der Waals surface area contributed by atoms with Crippen molar-refractivity contribution in [2.75, 3.05) is 13.6 Å². The van der Waals surface area contributed by atoms with Gasteiger partial charge < -0.3 is 9.42 Å². The van der Waals surface area contributed by atoms with Crippen LogP contribution in [0.3, 0.4) is 0 Å². The van der Waals surface area contributed by atoms with Gasteiger partial charge in [-0.3, -0.25) is 0 Å². The maximum Gasteiger partial charge on any atom is 0.259 e. The molecule has 144 valence electrons. The predicted molar refractivity (Wildman–Crippen MR) is 110 cm³/mol. The van der Waals surface area contributed by atoms with E-state index in [2.05, 4.69) is 47.4 Å². The van der Waals surface area contributed by atoms with E-state index in [1.165, 1.54) is 18.4 Å². The summed E-state index contributed by atoms with van der Waals surface area (Å²) in [6.45, 7) is 0.975. The number of likely N-dealkylation sites (N-methyl/N-ethyl adjacent to an activating group) is 1. The number of hydrogen-bond donors (Lipinski definition) is 0. The monoisotopic (exact) mass is 393 g/mol. The zero-order chi connectivity index (χ0) is 19.1. The largest absolute Gasteiger partial charge is 0.334 e. The molecule has 0 amide bonds. The van der Waals surface area contributed by atoms with Crippen LogP contribution in [-0.4, -0.2) is 34.7 Å². The van der Waals surface area contributed by atoms with Gasteiger partial charge in [-0.05, 0) is 44.0 Å². The summed E-state index contributed by atoms with van der Waals surface area (Å²) in [4.78, 5) is 7.26. The molecule has 5 rings (SSSR count). The highest BCUT2D eigenvalue weighted by Gasteiger charge is 2.48. The summed E-state index contributed by atoms with van der Waals surface area (Å²) in [6.07, 6.45) is 4.67. The Morgan fingerprint density at radius 2 is 1.86 bits per heavy atom. The minimum absolute atomic E-state index is 0.00157.